The van der Waals surface area contributed by atoms with Crippen molar-refractivity contribution in [1.82, 2.24) is 15.5 Å². The van der Waals surface area contributed by atoms with Crippen molar-refractivity contribution in [3.63, 3.8) is 0 Å². The number of aliphatic imine (C=N–C) groups is 1. The first-order chi connectivity index (χ1) is 12.1. The molecule has 2 aromatic carbocycles. The number of hydrogen-bond donors (Lipinski definition) is 2. The number of halogens is 1. The molecule has 0 aromatic heterocycles. The summed E-state index contributed by atoms with van der Waals surface area (Å²) in [6.45, 7) is 4.98. The maximum Gasteiger partial charge on any atom is 0.191 e. The van der Waals surface area contributed by atoms with Crippen molar-refractivity contribution in [3.05, 3.63) is 71.0 Å². The van der Waals surface area contributed by atoms with Gasteiger partial charge in [-0.05, 0) is 49.8 Å². The molecule has 0 atom stereocenters. The lowest BCUT2D eigenvalue weighted by Crippen LogP contribution is -2.36. The third-order valence-corrected chi connectivity index (χ3v) is 3.66. The maximum atomic E-state index is 12.9. The van der Waals surface area contributed by atoms with Gasteiger partial charge in [-0.25, -0.2) is 9.38 Å². The summed E-state index contributed by atoms with van der Waals surface area (Å²) in [5.41, 5.74) is 3.48. The van der Waals surface area contributed by atoms with Gasteiger partial charge in [-0.1, -0.05) is 36.4 Å². The van der Waals surface area contributed by atoms with E-state index in [1.807, 2.05) is 6.92 Å². The van der Waals surface area contributed by atoms with Gasteiger partial charge < -0.3 is 15.5 Å². The Hall–Kier alpha value is -2.40. The van der Waals surface area contributed by atoms with Crippen molar-refractivity contribution in [3.8, 4) is 0 Å². The van der Waals surface area contributed by atoms with E-state index in [2.05, 4.69) is 58.9 Å². The molecule has 0 heterocycles. The quantitative estimate of drug-likeness (QED) is 0.600. The number of benzene rings is 2. The van der Waals surface area contributed by atoms with E-state index in [0.717, 1.165) is 24.6 Å². The minimum Gasteiger partial charge on any atom is -0.357 e. The molecule has 4 nitrogen and oxygen atoms in total. The number of nitrogens with zero attached hydrogens (tertiary/aromatic N) is 2. The number of guanidine groups is 1. The van der Waals surface area contributed by atoms with Crippen molar-refractivity contribution in [2.24, 2.45) is 4.99 Å². The van der Waals surface area contributed by atoms with Gasteiger partial charge in [0.05, 0.1) is 6.54 Å². The number of hydrogen-bond acceptors (Lipinski definition) is 2. The average molecular weight is 342 g/mol. The molecule has 0 saturated heterocycles. The lowest BCUT2D eigenvalue weighted by molar-refractivity contribution is 0.402. The standard InChI is InChI=1S/C20H27FN4/c1-4-22-20(24-14-17-9-11-19(21)12-10-17)23-13-16-5-7-18(8-6-16)15-25(2)3/h5-12H,4,13-15H2,1-3H3,(H2,22,23,24). The fourth-order valence-corrected chi connectivity index (χ4v) is 2.42. The number of rotatable bonds is 7. The Balaban J connectivity index is 1.91. The summed E-state index contributed by atoms with van der Waals surface area (Å²) in [7, 11) is 4.13. The first kappa shape index (κ1) is 18.9. The topological polar surface area (TPSA) is 39.7 Å². The predicted molar refractivity (Wildman–Crippen MR) is 102 cm³/mol. The zero-order valence-electron chi connectivity index (χ0n) is 15.2. The Morgan fingerprint density at radius 2 is 1.52 bits per heavy atom. The monoisotopic (exact) mass is 342 g/mol. The molecular weight excluding hydrogens is 315 g/mol. The minimum absolute atomic E-state index is 0.226. The summed E-state index contributed by atoms with van der Waals surface area (Å²) in [5.74, 6) is 0.527. The van der Waals surface area contributed by atoms with Crippen LogP contribution in [0.1, 0.15) is 23.6 Å². The van der Waals surface area contributed by atoms with Gasteiger partial charge in [-0.2, -0.15) is 0 Å². The largest absolute Gasteiger partial charge is 0.357 e. The summed E-state index contributed by atoms with van der Waals surface area (Å²) in [4.78, 5) is 6.70. The van der Waals surface area contributed by atoms with Crippen LogP contribution in [-0.2, 0) is 19.6 Å². The Bertz CT molecular complexity index is 663. The summed E-state index contributed by atoms with van der Waals surface area (Å²) in [6.07, 6.45) is 0. The van der Waals surface area contributed by atoms with Crippen LogP contribution < -0.4 is 10.6 Å². The highest BCUT2D eigenvalue weighted by Crippen LogP contribution is 2.06. The minimum atomic E-state index is -0.226. The van der Waals surface area contributed by atoms with Crippen molar-refractivity contribution in [1.29, 1.82) is 0 Å². The van der Waals surface area contributed by atoms with Gasteiger partial charge in [-0.3, -0.25) is 0 Å². The van der Waals surface area contributed by atoms with Crippen LogP contribution in [0.3, 0.4) is 0 Å². The van der Waals surface area contributed by atoms with E-state index in [4.69, 9.17) is 0 Å². The first-order valence-electron chi connectivity index (χ1n) is 8.56. The Morgan fingerprint density at radius 3 is 2.12 bits per heavy atom. The SMILES string of the molecule is CCNC(=NCc1ccc(F)cc1)NCc1ccc(CN(C)C)cc1. The molecule has 0 aliphatic carbocycles. The Kier molecular flexibility index (Phi) is 7.41. The smallest absolute Gasteiger partial charge is 0.191 e. The molecule has 2 aromatic rings. The van der Waals surface area contributed by atoms with Crippen LogP contribution in [0.25, 0.3) is 0 Å². The fraction of sp³-hybridized carbons (Fsp3) is 0.350. The highest BCUT2D eigenvalue weighted by molar-refractivity contribution is 5.79. The van der Waals surface area contributed by atoms with Gasteiger partial charge in [-0.15, -0.1) is 0 Å². The molecule has 0 fully saturated rings. The third kappa shape index (κ3) is 6.93. The highest BCUT2D eigenvalue weighted by atomic mass is 19.1. The van der Waals surface area contributed by atoms with Gasteiger partial charge in [0.2, 0.25) is 0 Å². The Morgan fingerprint density at radius 1 is 0.920 bits per heavy atom. The second-order valence-electron chi connectivity index (χ2n) is 6.23. The van der Waals surface area contributed by atoms with Crippen LogP contribution in [0.2, 0.25) is 0 Å². The van der Waals surface area contributed by atoms with Crippen LogP contribution in [0.4, 0.5) is 4.39 Å². The first-order valence-corrected chi connectivity index (χ1v) is 8.56. The van der Waals surface area contributed by atoms with Crippen LogP contribution in [-0.4, -0.2) is 31.5 Å². The van der Waals surface area contributed by atoms with Crippen molar-refractivity contribution < 1.29 is 4.39 Å². The number of nitrogens with one attached hydrogen (secondary N) is 2. The van der Waals surface area contributed by atoms with E-state index in [9.17, 15) is 4.39 Å². The average Bonchev–Trinajstić information content (AvgIpc) is 2.59. The van der Waals surface area contributed by atoms with E-state index in [-0.39, 0.29) is 5.82 Å². The van der Waals surface area contributed by atoms with Crippen molar-refractivity contribution in [2.45, 2.75) is 26.6 Å². The predicted octanol–water partition coefficient (Wildman–Crippen LogP) is 3.14. The molecular formula is C20H27FN4. The Labute approximate surface area is 149 Å². The second-order valence-corrected chi connectivity index (χ2v) is 6.23. The highest BCUT2D eigenvalue weighted by Gasteiger charge is 2.00. The molecule has 2 N–H and O–H groups in total. The molecule has 2 rings (SSSR count). The van der Waals surface area contributed by atoms with E-state index < -0.39 is 0 Å². The van der Waals surface area contributed by atoms with E-state index in [1.54, 1.807) is 12.1 Å². The van der Waals surface area contributed by atoms with Gasteiger partial charge in [0.15, 0.2) is 5.96 Å². The van der Waals surface area contributed by atoms with Gasteiger partial charge in [0.25, 0.3) is 0 Å². The summed E-state index contributed by atoms with van der Waals surface area (Å²) in [5, 5.41) is 6.56. The summed E-state index contributed by atoms with van der Waals surface area (Å²) in [6, 6.07) is 15.0. The molecule has 0 saturated carbocycles. The lowest BCUT2D eigenvalue weighted by atomic mass is 10.1. The van der Waals surface area contributed by atoms with Crippen LogP contribution in [0.15, 0.2) is 53.5 Å². The second kappa shape index (κ2) is 9.79. The summed E-state index contributed by atoms with van der Waals surface area (Å²) >= 11 is 0. The maximum absolute atomic E-state index is 12.9. The van der Waals surface area contributed by atoms with E-state index in [0.29, 0.717) is 13.1 Å². The summed E-state index contributed by atoms with van der Waals surface area (Å²) < 4.78 is 12.9. The molecule has 5 heteroatoms. The third-order valence-electron chi connectivity index (χ3n) is 3.66. The van der Waals surface area contributed by atoms with Gasteiger partial charge >= 0.3 is 0 Å². The molecule has 0 unspecified atom stereocenters. The zero-order chi connectivity index (χ0) is 18.1. The molecule has 25 heavy (non-hydrogen) atoms. The van der Waals surface area contributed by atoms with Crippen LogP contribution >= 0.6 is 0 Å². The molecule has 134 valence electrons. The normalized spacial score (nSPS) is 11.6. The van der Waals surface area contributed by atoms with Crippen LogP contribution in [0.5, 0.6) is 0 Å². The van der Waals surface area contributed by atoms with Gasteiger partial charge in [0, 0.05) is 19.6 Å². The van der Waals surface area contributed by atoms with E-state index >= 15 is 0 Å². The molecule has 0 aliphatic heterocycles. The fourth-order valence-electron chi connectivity index (χ4n) is 2.42. The lowest BCUT2D eigenvalue weighted by Gasteiger charge is -2.13. The van der Waals surface area contributed by atoms with Crippen molar-refractivity contribution in [2.75, 3.05) is 20.6 Å². The van der Waals surface area contributed by atoms with Crippen molar-refractivity contribution >= 4 is 5.96 Å². The van der Waals surface area contributed by atoms with Crippen LogP contribution in [0, 0.1) is 5.82 Å². The molecule has 0 aliphatic rings. The zero-order valence-corrected chi connectivity index (χ0v) is 15.2. The molecule has 0 radical (unpaired) electrons. The van der Waals surface area contributed by atoms with Gasteiger partial charge in [0.1, 0.15) is 5.82 Å². The van der Waals surface area contributed by atoms with E-state index in [1.165, 1.54) is 23.3 Å². The molecule has 0 bridgehead atoms. The molecule has 0 amide bonds. The molecule has 0 spiro atoms.